The third-order valence-electron chi connectivity index (χ3n) is 6.84. The summed E-state index contributed by atoms with van der Waals surface area (Å²) in [4.78, 5) is 45.3. The van der Waals surface area contributed by atoms with Crippen LogP contribution in [0.15, 0.2) is 18.2 Å². The molecule has 0 saturated carbocycles. The average Bonchev–Trinajstić information content (AvgIpc) is 3.16. The Labute approximate surface area is 185 Å². The van der Waals surface area contributed by atoms with Gasteiger partial charge in [-0.25, -0.2) is 0 Å². The third kappa shape index (κ3) is 4.76. The minimum Gasteiger partial charge on any atom is -0.341 e. The van der Waals surface area contributed by atoms with Gasteiger partial charge in [-0.3, -0.25) is 19.3 Å². The average molecular weight is 427 g/mol. The minimum atomic E-state index is 0.0359. The molecule has 1 aromatic rings. The molecule has 7 nitrogen and oxygen atoms in total. The first-order chi connectivity index (χ1) is 14.8. The highest BCUT2D eigenvalue weighted by Crippen LogP contribution is 2.29. The number of rotatable bonds is 3. The highest BCUT2D eigenvalue weighted by Gasteiger charge is 2.29. The second-order valence-electron chi connectivity index (χ2n) is 9.58. The lowest BCUT2D eigenvalue weighted by Crippen LogP contribution is -2.53. The zero-order valence-corrected chi connectivity index (χ0v) is 19.0. The van der Waals surface area contributed by atoms with E-state index in [0.717, 1.165) is 43.9 Å². The van der Waals surface area contributed by atoms with Crippen molar-refractivity contribution in [2.75, 3.05) is 57.3 Å². The molecule has 168 valence electrons. The Balaban J connectivity index is 1.30. The van der Waals surface area contributed by atoms with E-state index in [1.165, 1.54) is 6.42 Å². The fourth-order valence-electron chi connectivity index (χ4n) is 5.31. The van der Waals surface area contributed by atoms with Gasteiger partial charge >= 0.3 is 0 Å². The van der Waals surface area contributed by atoms with Gasteiger partial charge in [-0.2, -0.15) is 0 Å². The van der Waals surface area contributed by atoms with Gasteiger partial charge < -0.3 is 14.7 Å². The van der Waals surface area contributed by atoms with E-state index < -0.39 is 0 Å². The third-order valence-corrected chi connectivity index (χ3v) is 6.84. The van der Waals surface area contributed by atoms with Crippen LogP contribution in [0.3, 0.4) is 0 Å². The molecule has 2 unspecified atom stereocenters. The number of fused-ring (bicyclic) bond motifs is 1. The van der Waals surface area contributed by atoms with Gasteiger partial charge in [0, 0.05) is 64.0 Å². The number of benzene rings is 1. The first-order valence-electron chi connectivity index (χ1n) is 11.5. The molecule has 0 aliphatic carbocycles. The van der Waals surface area contributed by atoms with Gasteiger partial charge in [-0.05, 0) is 48.4 Å². The number of amides is 3. The Kier molecular flexibility index (Phi) is 6.32. The fraction of sp³-hybridized carbons (Fsp3) is 0.625. The Bertz CT molecular complexity index is 852. The maximum atomic E-state index is 13.0. The van der Waals surface area contributed by atoms with Crippen LogP contribution in [0.2, 0.25) is 0 Å². The summed E-state index contributed by atoms with van der Waals surface area (Å²) in [5.74, 6) is 1.42. The highest BCUT2D eigenvalue weighted by atomic mass is 16.2. The van der Waals surface area contributed by atoms with Crippen molar-refractivity contribution >= 4 is 23.4 Å². The molecule has 0 aromatic heterocycles. The Morgan fingerprint density at radius 1 is 0.935 bits per heavy atom. The second kappa shape index (κ2) is 8.99. The first kappa shape index (κ1) is 21.8. The van der Waals surface area contributed by atoms with E-state index in [9.17, 15) is 14.4 Å². The van der Waals surface area contributed by atoms with Crippen molar-refractivity contribution < 1.29 is 14.4 Å². The number of hydrogen-bond donors (Lipinski definition) is 0. The topological polar surface area (TPSA) is 64.2 Å². The van der Waals surface area contributed by atoms with Gasteiger partial charge in [0.15, 0.2) is 0 Å². The zero-order valence-electron chi connectivity index (χ0n) is 19.0. The van der Waals surface area contributed by atoms with Gasteiger partial charge in [0.25, 0.3) is 5.91 Å². The monoisotopic (exact) mass is 426 g/mol. The van der Waals surface area contributed by atoms with Crippen LogP contribution >= 0.6 is 0 Å². The van der Waals surface area contributed by atoms with Crippen LogP contribution in [0.5, 0.6) is 0 Å². The molecule has 3 heterocycles. The number of carbonyl (C=O) groups excluding carboxylic acids is 3. The molecule has 2 saturated heterocycles. The SMILES string of the molecule is CC(=O)N1CCc2cc(C(=O)N3CCN(CC(=O)N4CC(C)CC(C)C4)CC3)ccc21. The van der Waals surface area contributed by atoms with E-state index in [-0.39, 0.29) is 17.7 Å². The number of likely N-dealkylation sites (tertiary alicyclic amines) is 1. The molecule has 31 heavy (non-hydrogen) atoms. The van der Waals surface area contributed by atoms with Gasteiger partial charge in [0.1, 0.15) is 0 Å². The normalized spacial score (nSPS) is 24.3. The predicted molar refractivity (Wildman–Crippen MR) is 120 cm³/mol. The molecule has 0 radical (unpaired) electrons. The molecule has 0 N–H and O–H groups in total. The van der Waals surface area contributed by atoms with Gasteiger partial charge in [-0.1, -0.05) is 13.8 Å². The van der Waals surface area contributed by atoms with Crippen molar-refractivity contribution in [3.05, 3.63) is 29.3 Å². The van der Waals surface area contributed by atoms with Crippen LogP contribution in [0.25, 0.3) is 0 Å². The van der Waals surface area contributed by atoms with Crippen LogP contribution in [-0.2, 0) is 16.0 Å². The quantitative estimate of drug-likeness (QED) is 0.740. The Hall–Kier alpha value is -2.41. The molecular weight excluding hydrogens is 392 g/mol. The lowest BCUT2D eigenvalue weighted by Gasteiger charge is -2.38. The summed E-state index contributed by atoms with van der Waals surface area (Å²) in [5, 5.41) is 0. The van der Waals surface area contributed by atoms with E-state index >= 15 is 0 Å². The number of piperazine rings is 1. The lowest BCUT2D eigenvalue weighted by atomic mass is 9.92. The van der Waals surface area contributed by atoms with E-state index in [1.807, 2.05) is 28.0 Å². The van der Waals surface area contributed by atoms with Crippen molar-refractivity contribution in [1.29, 1.82) is 0 Å². The number of piperidine rings is 1. The smallest absolute Gasteiger partial charge is 0.253 e. The molecule has 3 aliphatic rings. The Morgan fingerprint density at radius 2 is 1.61 bits per heavy atom. The number of hydrogen-bond acceptors (Lipinski definition) is 4. The maximum Gasteiger partial charge on any atom is 0.253 e. The van der Waals surface area contributed by atoms with Crippen LogP contribution in [0.1, 0.15) is 43.1 Å². The standard InChI is InChI=1S/C24H34N4O3/c1-17-12-18(2)15-27(14-17)23(30)16-25-8-10-26(11-9-25)24(31)21-4-5-22-20(13-21)6-7-28(22)19(3)29/h4-5,13,17-18H,6-12,14-16H2,1-3H3. The summed E-state index contributed by atoms with van der Waals surface area (Å²) in [6.45, 7) is 11.6. The van der Waals surface area contributed by atoms with Gasteiger partial charge in [-0.15, -0.1) is 0 Å². The van der Waals surface area contributed by atoms with Crippen molar-refractivity contribution in [1.82, 2.24) is 14.7 Å². The maximum absolute atomic E-state index is 13.0. The molecule has 2 atom stereocenters. The molecule has 1 aromatic carbocycles. The summed E-state index contributed by atoms with van der Waals surface area (Å²) in [7, 11) is 0. The van der Waals surface area contributed by atoms with Crippen molar-refractivity contribution in [3.8, 4) is 0 Å². The fourth-order valence-corrected chi connectivity index (χ4v) is 5.31. The van der Waals surface area contributed by atoms with Crippen molar-refractivity contribution in [2.24, 2.45) is 11.8 Å². The molecule has 0 spiro atoms. The van der Waals surface area contributed by atoms with E-state index in [0.29, 0.717) is 43.6 Å². The van der Waals surface area contributed by atoms with Crippen LogP contribution < -0.4 is 4.90 Å². The van der Waals surface area contributed by atoms with E-state index in [1.54, 1.807) is 11.8 Å². The largest absolute Gasteiger partial charge is 0.341 e. The molecular formula is C24H34N4O3. The summed E-state index contributed by atoms with van der Waals surface area (Å²) in [6, 6.07) is 5.67. The van der Waals surface area contributed by atoms with Crippen LogP contribution in [0, 0.1) is 11.8 Å². The summed E-state index contributed by atoms with van der Waals surface area (Å²) >= 11 is 0. The van der Waals surface area contributed by atoms with E-state index in [2.05, 4.69) is 18.7 Å². The highest BCUT2D eigenvalue weighted by molar-refractivity contribution is 5.98. The van der Waals surface area contributed by atoms with Crippen LogP contribution in [-0.4, -0.2) is 84.8 Å². The Morgan fingerprint density at radius 3 is 2.26 bits per heavy atom. The summed E-state index contributed by atoms with van der Waals surface area (Å²) in [6.07, 6.45) is 1.99. The number of carbonyl (C=O) groups is 3. The molecule has 4 rings (SSSR count). The van der Waals surface area contributed by atoms with Gasteiger partial charge in [0.05, 0.1) is 6.54 Å². The number of nitrogens with zero attached hydrogens (tertiary/aromatic N) is 4. The second-order valence-corrected chi connectivity index (χ2v) is 9.58. The van der Waals surface area contributed by atoms with Crippen molar-refractivity contribution in [3.63, 3.8) is 0 Å². The molecule has 3 amide bonds. The summed E-state index contributed by atoms with van der Waals surface area (Å²) < 4.78 is 0. The summed E-state index contributed by atoms with van der Waals surface area (Å²) in [5.41, 5.74) is 2.67. The first-order valence-corrected chi connectivity index (χ1v) is 11.5. The van der Waals surface area contributed by atoms with E-state index in [4.69, 9.17) is 0 Å². The van der Waals surface area contributed by atoms with Gasteiger partial charge in [0.2, 0.25) is 11.8 Å². The zero-order chi connectivity index (χ0) is 22.1. The molecule has 7 heteroatoms. The van der Waals surface area contributed by atoms with Crippen molar-refractivity contribution in [2.45, 2.75) is 33.6 Å². The number of anilines is 1. The lowest BCUT2D eigenvalue weighted by molar-refractivity contribution is -0.135. The molecule has 3 aliphatic heterocycles. The molecule has 2 fully saturated rings. The molecule has 0 bridgehead atoms. The predicted octanol–water partition coefficient (Wildman–Crippen LogP) is 1.86. The minimum absolute atomic E-state index is 0.0359. The van der Waals surface area contributed by atoms with Crippen LogP contribution in [0.4, 0.5) is 5.69 Å².